The molecule has 3 aromatic rings. The van der Waals surface area contributed by atoms with Crippen molar-refractivity contribution in [2.75, 3.05) is 22.5 Å². The Morgan fingerprint density at radius 2 is 1.43 bits per heavy atom. The van der Waals surface area contributed by atoms with Crippen LogP contribution in [0.4, 0.5) is 23.0 Å². The molecule has 0 aliphatic rings. The van der Waals surface area contributed by atoms with Gasteiger partial charge in [0, 0.05) is 29.1 Å². The lowest BCUT2D eigenvalue weighted by molar-refractivity contribution is 0.423. The second-order valence-electron chi connectivity index (χ2n) is 13.3. The third-order valence-corrected chi connectivity index (χ3v) is 8.39. The number of para-hydroxylation sites is 2. The number of rotatable bonds is 15. The zero-order valence-electron chi connectivity index (χ0n) is 27.3. The van der Waals surface area contributed by atoms with E-state index in [1.807, 2.05) is 0 Å². The molecule has 0 unspecified atom stereocenters. The van der Waals surface area contributed by atoms with Gasteiger partial charge in [0.15, 0.2) is 5.16 Å². The first-order valence-electron chi connectivity index (χ1n) is 15.8. The first-order valence-corrected chi connectivity index (χ1v) is 16.8. The maximum Gasteiger partial charge on any atom is 0.233 e. The number of benzene rings is 2. The summed E-state index contributed by atoms with van der Waals surface area (Å²) in [7, 11) is 0. The third kappa shape index (κ3) is 9.62. The molecular weight excluding hydrogens is 538 g/mol. The molecular formula is C35H53N5OS. The minimum absolute atomic E-state index is 0.205. The maximum atomic E-state index is 11.2. The number of hydrogen-bond donors (Lipinski definition) is 2. The van der Waals surface area contributed by atoms with Gasteiger partial charge in [-0.15, -0.1) is 0 Å². The number of aromatic hydroxyl groups is 1. The smallest absolute Gasteiger partial charge is 0.233 e. The van der Waals surface area contributed by atoms with Crippen LogP contribution in [0.1, 0.15) is 118 Å². The lowest BCUT2D eigenvalue weighted by Gasteiger charge is -2.29. The second kappa shape index (κ2) is 15.6. The largest absolute Gasteiger partial charge is 0.507 e. The van der Waals surface area contributed by atoms with Crippen molar-refractivity contribution in [3.05, 3.63) is 53.9 Å². The Morgan fingerprint density at radius 3 is 2.07 bits per heavy atom. The Bertz CT molecular complexity index is 1230. The molecule has 0 atom stereocenters. The van der Waals surface area contributed by atoms with E-state index < -0.39 is 0 Å². The van der Waals surface area contributed by atoms with Gasteiger partial charge in [-0.3, -0.25) is 0 Å². The van der Waals surface area contributed by atoms with Crippen LogP contribution in [-0.4, -0.2) is 32.4 Å². The van der Waals surface area contributed by atoms with E-state index in [2.05, 4.69) is 112 Å². The van der Waals surface area contributed by atoms with E-state index in [0.29, 0.717) is 11.7 Å². The van der Waals surface area contributed by atoms with Crippen LogP contribution in [0.3, 0.4) is 0 Å². The summed E-state index contributed by atoms with van der Waals surface area (Å²) in [6, 6.07) is 12.5. The first-order chi connectivity index (χ1) is 20.0. The van der Waals surface area contributed by atoms with Crippen LogP contribution in [-0.2, 0) is 10.8 Å². The van der Waals surface area contributed by atoms with Crippen LogP contribution >= 0.6 is 11.8 Å². The minimum atomic E-state index is -0.205. The molecule has 1 aromatic heterocycles. The van der Waals surface area contributed by atoms with Crippen molar-refractivity contribution in [2.45, 2.75) is 123 Å². The highest BCUT2D eigenvalue weighted by molar-refractivity contribution is 7.99. The van der Waals surface area contributed by atoms with E-state index in [-0.39, 0.29) is 10.8 Å². The summed E-state index contributed by atoms with van der Waals surface area (Å²) in [5, 5.41) is 15.7. The molecule has 0 saturated heterocycles. The number of nitrogens with one attached hydrogen (secondary N) is 1. The van der Waals surface area contributed by atoms with Crippen LogP contribution in [0.5, 0.6) is 5.75 Å². The third-order valence-electron chi connectivity index (χ3n) is 7.44. The van der Waals surface area contributed by atoms with Gasteiger partial charge >= 0.3 is 0 Å². The summed E-state index contributed by atoms with van der Waals surface area (Å²) in [5.74, 6) is 2.08. The van der Waals surface area contributed by atoms with E-state index in [9.17, 15) is 5.11 Å². The average Bonchev–Trinajstić information content (AvgIpc) is 2.93. The zero-order chi connectivity index (χ0) is 30.8. The first kappa shape index (κ1) is 33.7. The number of nitrogens with zero attached hydrogens (tertiary/aromatic N) is 4. The molecule has 0 fully saturated rings. The van der Waals surface area contributed by atoms with Crippen molar-refractivity contribution in [3.63, 3.8) is 0 Å². The van der Waals surface area contributed by atoms with Gasteiger partial charge in [-0.2, -0.15) is 4.98 Å². The van der Waals surface area contributed by atoms with Crippen molar-refractivity contribution < 1.29 is 5.11 Å². The molecule has 0 bridgehead atoms. The zero-order valence-corrected chi connectivity index (χ0v) is 28.1. The number of thioether (sulfide) groups is 1. The van der Waals surface area contributed by atoms with Crippen molar-refractivity contribution in [1.82, 2.24) is 15.0 Å². The topological polar surface area (TPSA) is 74.2 Å². The standard InChI is InChI=1S/C35H53N5OS/c1-9-11-13-14-15-18-22-42-33-37-25-36-32(39-33)40(21-12-10-2)30-20-17-16-19-29(30)38-26-23-27(34(3,4)5)31(41)28(24-26)35(6,7)8/h16-17,19-20,23-25,38,41H,9-15,18,21-22H2,1-8H3. The molecule has 230 valence electrons. The molecule has 0 saturated carbocycles. The highest BCUT2D eigenvalue weighted by atomic mass is 32.2. The lowest BCUT2D eigenvalue weighted by Crippen LogP contribution is -2.22. The van der Waals surface area contributed by atoms with E-state index in [4.69, 9.17) is 4.98 Å². The summed E-state index contributed by atoms with van der Waals surface area (Å²) in [6.07, 6.45) is 11.4. The molecule has 1 heterocycles. The number of anilines is 4. The fourth-order valence-electron chi connectivity index (χ4n) is 4.98. The van der Waals surface area contributed by atoms with Crippen molar-refractivity contribution in [2.24, 2.45) is 0 Å². The molecule has 3 rings (SSSR count). The van der Waals surface area contributed by atoms with Crippen LogP contribution in [0.15, 0.2) is 47.9 Å². The van der Waals surface area contributed by atoms with Crippen molar-refractivity contribution in [3.8, 4) is 5.75 Å². The number of aromatic nitrogens is 3. The highest BCUT2D eigenvalue weighted by Gasteiger charge is 2.27. The van der Waals surface area contributed by atoms with Crippen LogP contribution in [0.25, 0.3) is 0 Å². The molecule has 0 spiro atoms. The lowest BCUT2D eigenvalue weighted by atomic mass is 9.79. The van der Waals surface area contributed by atoms with E-state index in [1.165, 1.54) is 38.5 Å². The highest BCUT2D eigenvalue weighted by Crippen LogP contribution is 2.42. The molecule has 0 amide bonds. The Labute approximate surface area is 259 Å². The van der Waals surface area contributed by atoms with Gasteiger partial charge in [-0.1, -0.05) is 118 Å². The Hall–Kier alpha value is -2.80. The number of unbranched alkanes of at least 4 members (excludes halogenated alkanes) is 6. The van der Waals surface area contributed by atoms with Crippen LogP contribution in [0.2, 0.25) is 0 Å². The van der Waals surface area contributed by atoms with Gasteiger partial charge in [0.1, 0.15) is 12.1 Å². The number of phenols is 1. The minimum Gasteiger partial charge on any atom is -0.507 e. The SMILES string of the molecule is CCCCCCCCSc1ncnc(N(CCCC)c2ccccc2Nc2cc(C(C)(C)C)c(O)c(C(C)(C)C)c2)n1. The Balaban J connectivity index is 1.91. The fraction of sp³-hybridized carbons (Fsp3) is 0.571. The summed E-state index contributed by atoms with van der Waals surface area (Å²) in [6.45, 7) is 18.1. The van der Waals surface area contributed by atoms with Crippen molar-refractivity contribution in [1.29, 1.82) is 0 Å². The molecule has 0 radical (unpaired) electrons. The number of hydrogen-bond acceptors (Lipinski definition) is 7. The molecule has 0 aliphatic heterocycles. The van der Waals surface area contributed by atoms with Gasteiger partial charge in [0.25, 0.3) is 0 Å². The summed E-state index contributed by atoms with van der Waals surface area (Å²) in [5.41, 5.74) is 4.40. The quantitative estimate of drug-likeness (QED) is 0.103. The number of phenolic OH excluding ortho intramolecular Hbond substituents is 1. The molecule has 7 heteroatoms. The summed E-state index contributed by atoms with van der Waals surface area (Å²) in [4.78, 5) is 16.2. The molecule has 42 heavy (non-hydrogen) atoms. The van der Waals surface area contributed by atoms with Crippen LogP contribution < -0.4 is 10.2 Å². The molecule has 2 aromatic carbocycles. The summed E-state index contributed by atoms with van der Waals surface area (Å²) < 4.78 is 0. The van der Waals surface area contributed by atoms with Crippen molar-refractivity contribution >= 4 is 34.8 Å². The fourth-order valence-corrected chi connectivity index (χ4v) is 5.78. The van der Waals surface area contributed by atoms with E-state index in [1.54, 1.807) is 18.1 Å². The maximum absolute atomic E-state index is 11.2. The predicted octanol–water partition coefficient (Wildman–Crippen LogP) is 10.3. The monoisotopic (exact) mass is 591 g/mol. The Kier molecular flexibility index (Phi) is 12.5. The molecule has 6 nitrogen and oxygen atoms in total. The van der Waals surface area contributed by atoms with Crippen LogP contribution in [0, 0.1) is 0 Å². The predicted molar refractivity (Wildman–Crippen MR) is 181 cm³/mol. The van der Waals surface area contributed by atoms with Gasteiger partial charge in [0.05, 0.1) is 11.4 Å². The van der Waals surface area contributed by atoms with E-state index in [0.717, 1.165) is 58.5 Å². The van der Waals surface area contributed by atoms with Gasteiger partial charge < -0.3 is 15.3 Å². The summed E-state index contributed by atoms with van der Waals surface area (Å²) >= 11 is 1.72. The second-order valence-corrected chi connectivity index (χ2v) is 14.3. The Morgan fingerprint density at radius 1 is 0.810 bits per heavy atom. The van der Waals surface area contributed by atoms with Gasteiger partial charge in [0.2, 0.25) is 5.95 Å². The molecule has 2 N–H and O–H groups in total. The van der Waals surface area contributed by atoms with Gasteiger partial charge in [-0.25, -0.2) is 9.97 Å². The average molecular weight is 592 g/mol. The van der Waals surface area contributed by atoms with E-state index >= 15 is 0 Å². The molecule has 0 aliphatic carbocycles. The van der Waals surface area contributed by atoms with Gasteiger partial charge in [-0.05, 0) is 47.9 Å². The normalized spacial score (nSPS) is 12.0.